The number of hydrogen-bond donors (Lipinski definition) is 1. The minimum absolute atomic E-state index is 0.0143. The van der Waals surface area contributed by atoms with Crippen LogP contribution in [0.4, 0.5) is 11.5 Å². The lowest BCUT2D eigenvalue weighted by molar-refractivity contribution is -0.384. The Balaban J connectivity index is 2.30. The highest BCUT2D eigenvalue weighted by Crippen LogP contribution is 2.30. The predicted octanol–water partition coefficient (Wildman–Crippen LogP) is 4.05. The Kier molecular flexibility index (Phi) is 4.86. The maximum absolute atomic E-state index is 11.0. The molecule has 1 atom stereocenters. The summed E-state index contributed by atoms with van der Waals surface area (Å²) in [5.41, 5.74) is -0.174. The van der Waals surface area contributed by atoms with Gasteiger partial charge >= 0.3 is 5.69 Å². The van der Waals surface area contributed by atoms with Crippen molar-refractivity contribution in [2.24, 2.45) is 0 Å². The Morgan fingerprint density at radius 3 is 3.00 bits per heavy atom. The summed E-state index contributed by atoms with van der Waals surface area (Å²) >= 11 is 7.32. The third kappa shape index (κ3) is 3.43. The monoisotopic (exact) mass is 312 g/mol. The first-order chi connectivity index (χ1) is 9.61. The molecule has 2 aromatic heterocycles. The number of hydrogen-bond acceptors (Lipinski definition) is 6. The van der Waals surface area contributed by atoms with Gasteiger partial charge in [0.15, 0.2) is 0 Å². The van der Waals surface area contributed by atoms with Crippen LogP contribution in [0.25, 0.3) is 0 Å². The van der Waals surface area contributed by atoms with E-state index in [0.717, 1.165) is 23.9 Å². The minimum Gasteiger partial charge on any atom is -0.357 e. The van der Waals surface area contributed by atoms with E-state index >= 15 is 0 Å². The molecule has 0 saturated heterocycles. The Labute approximate surface area is 125 Å². The van der Waals surface area contributed by atoms with Crippen molar-refractivity contribution in [1.82, 2.24) is 9.97 Å². The van der Waals surface area contributed by atoms with Crippen molar-refractivity contribution >= 4 is 34.4 Å². The van der Waals surface area contributed by atoms with Crippen LogP contribution in [0.15, 0.2) is 23.7 Å². The van der Waals surface area contributed by atoms with Crippen LogP contribution in [0.2, 0.25) is 5.28 Å². The van der Waals surface area contributed by atoms with Crippen molar-refractivity contribution in [3.05, 3.63) is 44.0 Å². The Bertz CT molecular complexity index is 591. The quantitative estimate of drug-likeness (QED) is 0.494. The van der Waals surface area contributed by atoms with Crippen molar-refractivity contribution in [1.29, 1.82) is 0 Å². The van der Waals surface area contributed by atoms with Gasteiger partial charge in [-0.05, 0) is 29.5 Å². The molecule has 20 heavy (non-hydrogen) atoms. The number of halogens is 1. The summed E-state index contributed by atoms with van der Waals surface area (Å²) in [6, 6.07) is 3.92. The third-order valence-electron chi connectivity index (χ3n) is 2.71. The minimum atomic E-state index is -0.518. The third-order valence-corrected chi connectivity index (χ3v) is 3.88. The predicted molar refractivity (Wildman–Crippen MR) is 79.3 cm³/mol. The molecule has 6 nitrogen and oxygen atoms in total. The zero-order valence-corrected chi connectivity index (χ0v) is 12.3. The summed E-state index contributed by atoms with van der Waals surface area (Å²) in [6.45, 7) is 2.06. The van der Waals surface area contributed by atoms with E-state index < -0.39 is 4.92 Å². The van der Waals surface area contributed by atoms with Crippen molar-refractivity contribution in [3.8, 4) is 0 Å². The van der Waals surface area contributed by atoms with Crippen LogP contribution in [0, 0.1) is 10.1 Å². The van der Waals surface area contributed by atoms with E-state index in [1.807, 2.05) is 17.5 Å². The summed E-state index contributed by atoms with van der Waals surface area (Å²) in [4.78, 5) is 19.2. The van der Waals surface area contributed by atoms with Crippen LogP contribution >= 0.6 is 22.9 Å². The molecule has 0 saturated carbocycles. The van der Waals surface area contributed by atoms with Crippen LogP contribution < -0.4 is 5.32 Å². The first-order valence-electron chi connectivity index (χ1n) is 6.08. The van der Waals surface area contributed by atoms with E-state index in [-0.39, 0.29) is 22.8 Å². The number of thiophene rings is 1. The van der Waals surface area contributed by atoms with Crippen LogP contribution in [0.5, 0.6) is 0 Å². The molecular formula is C12H13ClN4O2S. The lowest BCUT2D eigenvalue weighted by Crippen LogP contribution is -2.12. The van der Waals surface area contributed by atoms with Crippen molar-refractivity contribution < 1.29 is 4.92 Å². The number of nitro groups is 1. The summed E-state index contributed by atoms with van der Waals surface area (Å²) in [7, 11) is 0. The molecule has 0 fully saturated rings. The maximum Gasteiger partial charge on any atom is 0.329 e. The highest BCUT2D eigenvalue weighted by atomic mass is 35.5. The Morgan fingerprint density at radius 2 is 2.40 bits per heavy atom. The van der Waals surface area contributed by atoms with E-state index in [1.54, 1.807) is 11.3 Å². The fraction of sp³-hybridized carbons (Fsp3) is 0.333. The highest BCUT2D eigenvalue weighted by Gasteiger charge is 2.21. The molecular weight excluding hydrogens is 300 g/mol. The second-order valence-electron chi connectivity index (χ2n) is 4.13. The number of anilines is 1. The molecule has 0 aliphatic carbocycles. The molecule has 0 bridgehead atoms. The molecule has 1 unspecified atom stereocenters. The van der Waals surface area contributed by atoms with Crippen molar-refractivity contribution in [2.75, 3.05) is 5.32 Å². The molecule has 0 aromatic carbocycles. The van der Waals surface area contributed by atoms with Gasteiger partial charge in [-0.1, -0.05) is 19.4 Å². The SMILES string of the molecule is CCCC(Nc1nc(Cl)ncc1[N+](=O)[O-])c1cccs1. The van der Waals surface area contributed by atoms with E-state index in [0.29, 0.717) is 0 Å². The lowest BCUT2D eigenvalue weighted by Gasteiger charge is -2.17. The topological polar surface area (TPSA) is 81.0 Å². The van der Waals surface area contributed by atoms with Gasteiger partial charge in [-0.2, -0.15) is 4.98 Å². The molecule has 0 aliphatic rings. The zero-order valence-electron chi connectivity index (χ0n) is 10.7. The molecule has 0 aliphatic heterocycles. The first-order valence-corrected chi connectivity index (χ1v) is 7.34. The normalized spacial score (nSPS) is 12.1. The average Bonchev–Trinajstić information content (AvgIpc) is 2.91. The molecule has 1 N–H and O–H groups in total. The van der Waals surface area contributed by atoms with Gasteiger partial charge in [-0.3, -0.25) is 10.1 Å². The van der Waals surface area contributed by atoms with Gasteiger partial charge in [0.25, 0.3) is 0 Å². The lowest BCUT2D eigenvalue weighted by atomic mass is 10.1. The fourth-order valence-electron chi connectivity index (χ4n) is 1.82. The smallest absolute Gasteiger partial charge is 0.329 e. The van der Waals surface area contributed by atoms with Gasteiger partial charge < -0.3 is 5.32 Å². The summed E-state index contributed by atoms with van der Waals surface area (Å²) in [6.07, 6.45) is 2.91. The summed E-state index contributed by atoms with van der Waals surface area (Å²) in [5, 5.41) is 16.1. The largest absolute Gasteiger partial charge is 0.357 e. The zero-order chi connectivity index (χ0) is 14.5. The molecule has 0 amide bonds. The van der Waals surface area contributed by atoms with Crippen LogP contribution in [0.1, 0.15) is 30.7 Å². The summed E-state index contributed by atoms with van der Waals surface area (Å²) < 4.78 is 0. The van der Waals surface area contributed by atoms with Crippen LogP contribution in [-0.2, 0) is 0 Å². The molecule has 0 radical (unpaired) electrons. The van der Waals surface area contributed by atoms with Gasteiger partial charge in [-0.15, -0.1) is 11.3 Å². The van der Waals surface area contributed by atoms with Crippen molar-refractivity contribution in [3.63, 3.8) is 0 Å². The standard InChI is InChI=1S/C12H13ClN4O2S/c1-2-4-8(10-5-3-6-20-10)15-11-9(17(18)19)7-14-12(13)16-11/h3,5-8H,2,4H2,1H3,(H,14,15,16). The molecule has 2 aromatic rings. The van der Waals surface area contributed by atoms with Gasteiger partial charge in [0, 0.05) is 4.88 Å². The number of nitrogens with one attached hydrogen (secondary N) is 1. The van der Waals surface area contributed by atoms with Gasteiger partial charge in [0.05, 0.1) is 11.0 Å². The number of aromatic nitrogens is 2. The second kappa shape index (κ2) is 6.62. The molecule has 106 valence electrons. The van der Waals surface area contributed by atoms with E-state index in [9.17, 15) is 10.1 Å². The van der Waals surface area contributed by atoms with E-state index in [2.05, 4.69) is 22.2 Å². The molecule has 2 heterocycles. The highest BCUT2D eigenvalue weighted by molar-refractivity contribution is 7.10. The number of rotatable bonds is 6. The second-order valence-corrected chi connectivity index (χ2v) is 5.45. The number of nitrogens with zero attached hydrogens (tertiary/aromatic N) is 3. The van der Waals surface area contributed by atoms with Crippen LogP contribution in [-0.4, -0.2) is 14.9 Å². The van der Waals surface area contributed by atoms with E-state index in [4.69, 9.17) is 11.6 Å². The Hall–Kier alpha value is -1.73. The van der Waals surface area contributed by atoms with E-state index in [1.165, 1.54) is 0 Å². The fourth-order valence-corrected chi connectivity index (χ4v) is 2.77. The van der Waals surface area contributed by atoms with Gasteiger partial charge in [0.1, 0.15) is 6.20 Å². The molecule has 0 spiro atoms. The Morgan fingerprint density at radius 1 is 1.60 bits per heavy atom. The first kappa shape index (κ1) is 14.7. The maximum atomic E-state index is 11.0. The van der Waals surface area contributed by atoms with Gasteiger partial charge in [0.2, 0.25) is 11.1 Å². The van der Waals surface area contributed by atoms with Crippen LogP contribution in [0.3, 0.4) is 0 Å². The van der Waals surface area contributed by atoms with Gasteiger partial charge in [-0.25, -0.2) is 4.98 Å². The average molecular weight is 313 g/mol. The van der Waals surface area contributed by atoms with Crippen molar-refractivity contribution in [2.45, 2.75) is 25.8 Å². The molecule has 2 rings (SSSR count). The molecule has 8 heteroatoms. The summed E-state index contributed by atoms with van der Waals surface area (Å²) in [5.74, 6) is 0.154.